The molecule has 1 N–H and O–H groups in total. The van der Waals surface area contributed by atoms with E-state index in [4.69, 9.17) is 14.2 Å². The molecule has 4 rings (SSSR count). The van der Waals surface area contributed by atoms with Crippen molar-refractivity contribution < 1.29 is 24.1 Å². The SMILES string of the molecule is O=CC=CC1=C2c3cccc(CCCCOC4CCCCO4)c3OC2C=C1O. The summed E-state index contributed by atoms with van der Waals surface area (Å²) in [6.45, 7) is 1.52. The summed E-state index contributed by atoms with van der Waals surface area (Å²) in [4.78, 5) is 10.7. The molecule has 0 radical (unpaired) electrons. The maximum atomic E-state index is 10.7. The molecular weight excluding hydrogens is 356 g/mol. The summed E-state index contributed by atoms with van der Waals surface area (Å²) in [6.07, 6.45) is 11.3. The summed E-state index contributed by atoms with van der Waals surface area (Å²) < 4.78 is 17.5. The zero-order valence-electron chi connectivity index (χ0n) is 15.9. The van der Waals surface area contributed by atoms with Crippen molar-refractivity contribution >= 4 is 11.9 Å². The monoisotopic (exact) mass is 382 g/mol. The van der Waals surface area contributed by atoms with Gasteiger partial charge in [0, 0.05) is 36.0 Å². The number of unbranched alkanes of at least 4 members (excludes halogenated alkanes) is 1. The fraction of sp³-hybridized carbons (Fsp3) is 0.435. The van der Waals surface area contributed by atoms with E-state index in [0.29, 0.717) is 18.5 Å². The van der Waals surface area contributed by atoms with Crippen LogP contribution in [0.3, 0.4) is 0 Å². The number of hydrogen-bond donors (Lipinski definition) is 1. The fourth-order valence-electron chi connectivity index (χ4n) is 4.04. The molecule has 1 saturated heterocycles. The first kappa shape index (κ1) is 19.0. The molecule has 2 heterocycles. The van der Waals surface area contributed by atoms with Crippen LogP contribution in [-0.4, -0.2) is 37.0 Å². The van der Waals surface area contributed by atoms with Crippen LogP contribution in [0.4, 0.5) is 0 Å². The minimum atomic E-state index is -0.283. The number of aryl methyl sites for hydroxylation is 1. The van der Waals surface area contributed by atoms with Gasteiger partial charge in [-0.05, 0) is 56.2 Å². The molecule has 0 spiro atoms. The van der Waals surface area contributed by atoms with Crippen LogP contribution in [0.5, 0.6) is 5.75 Å². The van der Waals surface area contributed by atoms with Gasteiger partial charge in [0.2, 0.25) is 0 Å². The van der Waals surface area contributed by atoms with Crippen molar-refractivity contribution in [3.05, 3.63) is 58.9 Å². The van der Waals surface area contributed by atoms with Crippen molar-refractivity contribution in [1.29, 1.82) is 0 Å². The lowest BCUT2D eigenvalue weighted by molar-refractivity contribution is -0.162. The number of para-hydroxylation sites is 1. The lowest BCUT2D eigenvalue weighted by atomic mass is 9.97. The van der Waals surface area contributed by atoms with Crippen molar-refractivity contribution in [2.45, 2.75) is 50.9 Å². The Morgan fingerprint density at radius 1 is 1.25 bits per heavy atom. The summed E-state index contributed by atoms with van der Waals surface area (Å²) in [5.41, 5.74) is 3.76. The number of aliphatic hydroxyl groups is 1. The van der Waals surface area contributed by atoms with Gasteiger partial charge in [0.1, 0.15) is 23.9 Å². The molecule has 1 fully saturated rings. The smallest absolute Gasteiger partial charge is 0.157 e. The molecule has 0 saturated carbocycles. The molecule has 2 atom stereocenters. The Labute approximate surface area is 165 Å². The Balaban J connectivity index is 1.38. The maximum Gasteiger partial charge on any atom is 0.157 e. The van der Waals surface area contributed by atoms with E-state index in [9.17, 15) is 9.90 Å². The predicted octanol–water partition coefficient (Wildman–Crippen LogP) is 4.28. The molecule has 2 aliphatic heterocycles. The van der Waals surface area contributed by atoms with Crippen LogP contribution in [0.1, 0.15) is 43.2 Å². The van der Waals surface area contributed by atoms with Gasteiger partial charge in [-0.25, -0.2) is 0 Å². The molecule has 28 heavy (non-hydrogen) atoms. The van der Waals surface area contributed by atoms with Crippen molar-refractivity contribution in [3.63, 3.8) is 0 Å². The van der Waals surface area contributed by atoms with Gasteiger partial charge < -0.3 is 19.3 Å². The Kier molecular flexibility index (Phi) is 5.93. The topological polar surface area (TPSA) is 65.0 Å². The number of aliphatic hydroxyl groups excluding tert-OH is 1. The average Bonchev–Trinajstić information content (AvgIpc) is 3.22. The van der Waals surface area contributed by atoms with Crippen LogP contribution in [0.25, 0.3) is 5.57 Å². The number of carbonyl (C=O) groups is 1. The predicted molar refractivity (Wildman–Crippen MR) is 106 cm³/mol. The number of carbonyl (C=O) groups excluding carboxylic acids is 1. The molecule has 5 heteroatoms. The number of rotatable bonds is 8. The van der Waals surface area contributed by atoms with E-state index in [1.54, 1.807) is 12.2 Å². The Hall–Kier alpha value is -2.37. The summed E-state index contributed by atoms with van der Waals surface area (Å²) in [5.74, 6) is 1.05. The second kappa shape index (κ2) is 8.76. The highest BCUT2D eigenvalue weighted by Crippen LogP contribution is 2.47. The number of benzene rings is 1. The maximum absolute atomic E-state index is 10.7. The van der Waals surface area contributed by atoms with Crippen LogP contribution in [0, 0.1) is 0 Å². The molecule has 0 aromatic heterocycles. The average molecular weight is 382 g/mol. The highest BCUT2D eigenvalue weighted by atomic mass is 16.7. The molecule has 2 unspecified atom stereocenters. The zero-order chi connectivity index (χ0) is 19.3. The molecule has 0 bridgehead atoms. The summed E-state index contributed by atoms with van der Waals surface area (Å²) >= 11 is 0. The van der Waals surface area contributed by atoms with Gasteiger partial charge >= 0.3 is 0 Å². The van der Waals surface area contributed by atoms with Gasteiger partial charge in [-0.1, -0.05) is 18.2 Å². The summed E-state index contributed by atoms with van der Waals surface area (Å²) in [5, 5.41) is 10.2. The van der Waals surface area contributed by atoms with E-state index in [2.05, 4.69) is 6.07 Å². The Bertz CT molecular complexity index is 814. The van der Waals surface area contributed by atoms with Gasteiger partial charge in [0.05, 0.1) is 0 Å². The van der Waals surface area contributed by atoms with Crippen LogP contribution < -0.4 is 4.74 Å². The van der Waals surface area contributed by atoms with Crippen molar-refractivity contribution in [2.24, 2.45) is 0 Å². The van der Waals surface area contributed by atoms with Crippen LogP contribution in [-0.2, 0) is 20.7 Å². The molecule has 1 aromatic rings. The van der Waals surface area contributed by atoms with Crippen LogP contribution >= 0.6 is 0 Å². The van der Waals surface area contributed by atoms with Crippen molar-refractivity contribution in [3.8, 4) is 5.75 Å². The molecule has 148 valence electrons. The summed E-state index contributed by atoms with van der Waals surface area (Å²) in [6, 6.07) is 6.13. The van der Waals surface area contributed by atoms with Crippen LogP contribution in [0.15, 0.2) is 47.8 Å². The highest BCUT2D eigenvalue weighted by molar-refractivity contribution is 5.88. The third kappa shape index (κ3) is 3.91. The minimum Gasteiger partial charge on any atom is -0.507 e. The number of ether oxygens (including phenoxy) is 3. The van der Waals surface area contributed by atoms with Gasteiger partial charge in [-0.15, -0.1) is 0 Å². The molecule has 3 aliphatic rings. The second-order valence-electron chi connectivity index (χ2n) is 7.33. The molecule has 1 aliphatic carbocycles. The summed E-state index contributed by atoms with van der Waals surface area (Å²) in [7, 11) is 0. The lowest BCUT2D eigenvalue weighted by Crippen LogP contribution is -2.22. The first-order chi connectivity index (χ1) is 13.8. The molecule has 1 aromatic carbocycles. The Morgan fingerprint density at radius 3 is 3.00 bits per heavy atom. The number of aldehydes is 1. The molecular formula is C23H26O5. The van der Waals surface area contributed by atoms with E-state index in [-0.39, 0.29) is 18.2 Å². The minimum absolute atomic E-state index is 0.0262. The number of fused-ring (bicyclic) bond motifs is 3. The molecule has 5 nitrogen and oxygen atoms in total. The quantitative estimate of drug-likeness (QED) is 0.413. The van der Waals surface area contributed by atoms with Gasteiger partial charge in [0.15, 0.2) is 6.29 Å². The Morgan fingerprint density at radius 2 is 2.18 bits per heavy atom. The zero-order valence-corrected chi connectivity index (χ0v) is 15.9. The van der Waals surface area contributed by atoms with Crippen LogP contribution in [0.2, 0.25) is 0 Å². The van der Waals surface area contributed by atoms with Crippen molar-refractivity contribution in [1.82, 2.24) is 0 Å². The van der Waals surface area contributed by atoms with Crippen molar-refractivity contribution in [2.75, 3.05) is 13.2 Å². The highest BCUT2D eigenvalue weighted by Gasteiger charge is 2.36. The van der Waals surface area contributed by atoms with E-state index in [1.807, 2.05) is 12.1 Å². The van der Waals surface area contributed by atoms with Gasteiger partial charge in [-0.2, -0.15) is 0 Å². The van der Waals surface area contributed by atoms with E-state index < -0.39 is 0 Å². The van der Waals surface area contributed by atoms with Gasteiger partial charge in [0.25, 0.3) is 0 Å². The normalized spacial score (nSPS) is 23.5. The van der Waals surface area contributed by atoms with E-state index in [1.165, 1.54) is 18.1 Å². The van der Waals surface area contributed by atoms with E-state index >= 15 is 0 Å². The third-order valence-corrected chi connectivity index (χ3v) is 5.42. The fourth-order valence-corrected chi connectivity index (χ4v) is 4.04. The van der Waals surface area contributed by atoms with Gasteiger partial charge in [-0.3, -0.25) is 4.79 Å². The first-order valence-corrected chi connectivity index (χ1v) is 10.1. The second-order valence-corrected chi connectivity index (χ2v) is 7.33. The largest absolute Gasteiger partial charge is 0.507 e. The van der Waals surface area contributed by atoms with E-state index in [0.717, 1.165) is 55.6 Å². The third-order valence-electron chi connectivity index (χ3n) is 5.42. The number of allylic oxidation sites excluding steroid dienone is 2. The standard InChI is InChI=1S/C23H26O5/c24-12-6-10-17-19(25)15-20-22(17)18-9-5-8-16(23(18)28-20)7-1-3-13-26-21-11-2-4-14-27-21/h5-6,8-10,12,15,20-21,25H,1-4,7,11,13-14H2. The molecule has 0 amide bonds. The first-order valence-electron chi connectivity index (χ1n) is 10.1. The number of hydrogen-bond acceptors (Lipinski definition) is 5. The lowest BCUT2D eigenvalue weighted by Gasteiger charge is -2.22.